The Bertz CT molecular complexity index is 1020. The fraction of sp³-hybridized carbons (Fsp3) is 0.261. The second-order valence-electron chi connectivity index (χ2n) is 6.94. The number of hydrogen-bond donors (Lipinski definition) is 1. The van der Waals surface area contributed by atoms with Gasteiger partial charge in [-0.3, -0.25) is 4.79 Å². The zero-order chi connectivity index (χ0) is 18.8. The van der Waals surface area contributed by atoms with Gasteiger partial charge in [0, 0.05) is 40.8 Å². The van der Waals surface area contributed by atoms with Crippen LogP contribution in [-0.4, -0.2) is 13.0 Å². The van der Waals surface area contributed by atoms with Crippen molar-refractivity contribution in [3.05, 3.63) is 65.4 Å². The van der Waals surface area contributed by atoms with Crippen molar-refractivity contribution in [2.75, 3.05) is 12.4 Å². The van der Waals surface area contributed by atoms with E-state index in [9.17, 15) is 4.79 Å². The van der Waals surface area contributed by atoms with Gasteiger partial charge in [-0.15, -0.1) is 0 Å². The molecule has 1 amide bonds. The van der Waals surface area contributed by atoms with E-state index in [4.69, 9.17) is 9.15 Å². The summed E-state index contributed by atoms with van der Waals surface area (Å²) in [6, 6.07) is 13.5. The molecule has 0 aliphatic heterocycles. The third kappa shape index (κ3) is 3.47. The molecule has 4 heteroatoms. The van der Waals surface area contributed by atoms with Gasteiger partial charge in [-0.1, -0.05) is 18.2 Å². The topological polar surface area (TPSA) is 51.5 Å². The van der Waals surface area contributed by atoms with Gasteiger partial charge in [0.15, 0.2) is 0 Å². The number of rotatable bonds is 4. The van der Waals surface area contributed by atoms with Gasteiger partial charge in [-0.05, 0) is 50.0 Å². The van der Waals surface area contributed by atoms with Crippen LogP contribution in [0.2, 0.25) is 0 Å². The molecule has 3 aromatic rings. The summed E-state index contributed by atoms with van der Waals surface area (Å²) in [5, 5.41) is 4.02. The molecule has 2 aromatic carbocycles. The molecule has 27 heavy (non-hydrogen) atoms. The average molecular weight is 361 g/mol. The van der Waals surface area contributed by atoms with Crippen LogP contribution in [0.15, 0.2) is 53.0 Å². The summed E-state index contributed by atoms with van der Waals surface area (Å²) in [4.78, 5) is 12.4. The summed E-state index contributed by atoms with van der Waals surface area (Å²) < 4.78 is 11.6. The molecule has 0 saturated heterocycles. The van der Waals surface area contributed by atoms with Crippen molar-refractivity contribution in [3.8, 4) is 5.75 Å². The zero-order valence-electron chi connectivity index (χ0n) is 15.7. The van der Waals surface area contributed by atoms with E-state index < -0.39 is 0 Å². The number of aryl methyl sites for hydroxylation is 2. The molecule has 0 atom stereocenters. The number of benzene rings is 2. The molecular formula is C23H23NO3. The van der Waals surface area contributed by atoms with E-state index in [1.807, 2.05) is 43.3 Å². The molecule has 0 radical (unpaired) electrons. The zero-order valence-corrected chi connectivity index (χ0v) is 15.7. The molecule has 1 aliphatic carbocycles. The first-order valence-corrected chi connectivity index (χ1v) is 9.32. The number of methoxy groups -OCH3 is 1. The predicted molar refractivity (Wildman–Crippen MR) is 108 cm³/mol. The van der Waals surface area contributed by atoms with Crippen molar-refractivity contribution in [2.45, 2.75) is 32.6 Å². The third-order valence-electron chi connectivity index (χ3n) is 5.09. The summed E-state index contributed by atoms with van der Waals surface area (Å²) in [6.07, 6.45) is 6.03. The van der Waals surface area contributed by atoms with Crippen molar-refractivity contribution in [3.63, 3.8) is 0 Å². The second-order valence-corrected chi connectivity index (χ2v) is 6.94. The lowest BCUT2D eigenvalue weighted by Crippen LogP contribution is -2.08. The first-order chi connectivity index (χ1) is 13.2. The highest BCUT2D eigenvalue weighted by molar-refractivity contribution is 6.04. The molecule has 138 valence electrons. The van der Waals surface area contributed by atoms with Crippen molar-refractivity contribution in [2.24, 2.45) is 0 Å². The molecule has 4 rings (SSSR count). The Morgan fingerprint density at radius 3 is 2.70 bits per heavy atom. The minimum atomic E-state index is -0.157. The van der Waals surface area contributed by atoms with Crippen LogP contribution in [0.1, 0.15) is 36.7 Å². The lowest BCUT2D eigenvalue weighted by atomic mass is 9.94. The van der Waals surface area contributed by atoms with Crippen LogP contribution in [-0.2, 0) is 17.6 Å². The average Bonchev–Trinajstić information content (AvgIpc) is 3.05. The number of anilines is 1. The number of hydrogen-bond acceptors (Lipinski definition) is 3. The minimum absolute atomic E-state index is 0.157. The molecule has 0 unspecified atom stereocenters. The monoisotopic (exact) mass is 361 g/mol. The van der Waals surface area contributed by atoms with Gasteiger partial charge in [0.1, 0.15) is 17.1 Å². The summed E-state index contributed by atoms with van der Waals surface area (Å²) in [5.41, 5.74) is 4.72. The number of fused-ring (bicyclic) bond motifs is 3. The molecule has 1 heterocycles. The molecule has 4 nitrogen and oxygen atoms in total. The lowest BCUT2D eigenvalue weighted by Gasteiger charge is -2.11. The van der Waals surface area contributed by atoms with Crippen LogP contribution in [0.25, 0.3) is 16.5 Å². The predicted octanol–water partition coefficient (Wildman–Crippen LogP) is 5.36. The second kappa shape index (κ2) is 7.31. The van der Waals surface area contributed by atoms with Crippen LogP contribution < -0.4 is 10.1 Å². The van der Waals surface area contributed by atoms with Gasteiger partial charge >= 0.3 is 0 Å². The minimum Gasteiger partial charge on any atom is -0.496 e. The maximum absolute atomic E-state index is 12.4. The Labute approximate surface area is 158 Å². The Hall–Kier alpha value is -3.01. The number of furan rings is 1. The van der Waals surface area contributed by atoms with E-state index >= 15 is 0 Å². The van der Waals surface area contributed by atoms with E-state index in [0.29, 0.717) is 0 Å². The van der Waals surface area contributed by atoms with Gasteiger partial charge in [0.05, 0.1) is 7.11 Å². The number of allylic oxidation sites excluding steroid dienone is 1. The molecular weight excluding hydrogens is 338 g/mol. The van der Waals surface area contributed by atoms with E-state index in [1.165, 1.54) is 18.4 Å². The number of ether oxygens (including phenoxy) is 1. The summed E-state index contributed by atoms with van der Waals surface area (Å²) in [6.45, 7) is 1.93. The fourth-order valence-electron chi connectivity index (χ4n) is 3.74. The third-order valence-corrected chi connectivity index (χ3v) is 5.09. The molecule has 0 saturated carbocycles. The fourth-order valence-corrected chi connectivity index (χ4v) is 3.74. The molecule has 1 N–H and O–H groups in total. The maximum Gasteiger partial charge on any atom is 0.248 e. The van der Waals surface area contributed by atoms with E-state index in [2.05, 4.69) is 11.4 Å². The molecule has 0 fully saturated rings. The first kappa shape index (κ1) is 17.4. The smallest absolute Gasteiger partial charge is 0.248 e. The highest BCUT2D eigenvalue weighted by Crippen LogP contribution is 2.37. The number of nitrogens with one attached hydrogen (secondary N) is 1. The highest BCUT2D eigenvalue weighted by atomic mass is 16.5. The first-order valence-electron chi connectivity index (χ1n) is 9.32. The van der Waals surface area contributed by atoms with Crippen LogP contribution in [0.4, 0.5) is 5.69 Å². The van der Waals surface area contributed by atoms with Crippen LogP contribution >= 0.6 is 0 Å². The van der Waals surface area contributed by atoms with E-state index in [-0.39, 0.29) is 5.91 Å². The Morgan fingerprint density at radius 1 is 1.15 bits per heavy atom. The van der Waals surface area contributed by atoms with Gasteiger partial charge < -0.3 is 14.5 Å². The van der Waals surface area contributed by atoms with Crippen molar-refractivity contribution < 1.29 is 13.9 Å². The van der Waals surface area contributed by atoms with Crippen molar-refractivity contribution in [1.29, 1.82) is 0 Å². The summed E-state index contributed by atoms with van der Waals surface area (Å²) >= 11 is 0. The largest absolute Gasteiger partial charge is 0.496 e. The Balaban J connectivity index is 1.69. The lowest BCUT2D eigenvalue weighted by molar-refractivity contribution is -0.111. The summed E-state index contributed by atoms with van der Waals surface area (Å²) in [5.74, 6) is 1.66. The van der Waals surface area contributed by atoms with Crippen molar-refractivity contribution >= 4 is 28.1 Å². The van der Waals surface area contributed by atoms with Gasteiger partial charge in [-0.2, -0.15) is 0 Å². The van der Waals surface area contributed by atoms with Crippen molar-refractivity contribution in [1.82, 2.24) is 0 Å². The highest BCUT2D eigenvalue weighted by Gasteiger charge is 2.20. The summed E-state index contributed by atoms with van der Waals surface area (Å²) in [7, 11) is 1.64. The SMILES string of the molecule is COc1cc2oc3c(c2cc1/C(C)=C/C(=O)Nc1ccccc1)CCCC3. The van der Waals surface area contributed by atoms with E-state index in [0.717, 1.165) is 52.1 Å². The Morgan fingerprint density at radius 2 is 1.93 bits per heavy atom. The van der Waals surface area contributed by atoms with Gasteiger partial charge in [-0.25, -0.2) is 0 Å². The van der Waals surface area contributed by atoms with Crippen LogP contribution in [0, 0.1) is 0 Å². The standard InChI is InChI=1S/C23H23NO3/c1-15(12-23(25)24-16-8-4-3-5-9-16)18-13-19-17-10-6-7-11-20(17)27-22(19)14-21(18)26-2/h3-5,8-9,12-14H,6-7,10-11H2,1-2H3,(H,24,25)/b15-12+. The maximum atomic E-state index is 12.4. The Kier molecular flexibility index (Phi) is 4.71. The molecule has 1 aliphatic rings. The molecule has 1 aromatic heterocycles. The number of carbonyl (C=O) groups excluding carboxylic acids is 1. The van der Waals surface area contributed by atoms with Crippen LogP contribution in [0.3, 0.4) is 0 Å². The quantitative estimate of drug-likeness (QED) is 0.636. The number of carbonyl (C=O) groups is 1. The molecule has 0 spiro atoms. The van der Waals surface area contributed by atoms with Gasteiger partial charge in [0.25, 0.3) is 0 Å². The van der Waals surface area contributed by atoms with Gasteiger partial charge in [0.2, 0.25) is 5.91 Å². The number of amides is 1. The number of para-hydroxylation sites is 1. The molecule has 0 bridgehead atoms. The van der Waals surface area contributed by atoms with Crippen LogP contribution in [0.5, 0.6) is 5.75 Å². The van der Waals surface area contributed by atoms with E-state index in [1.54, 1.807) is 13.2 Å². The normalized spacial score (nSPS) is 14.1.